The summed E-state index contributed by atoms with van der Waals surface area (Å²) in [6.45, 7) is 2.15. The molecule has 0 aromatic rings. The van der Waals surface area contributed by atoms with Gasteiger partial charge in [-0.3, -0.25) is 0 Å². The lowest BCUT2D eigenvalue weighted by Crippen LogP contribution is -2.20. The van der Waals surface area contributed by atoms with Crippen LogP contribution in [0, 0.1) is 17.8 Å². The first kappa shape index (κ1) is 8.54. The number of carbonyl (C=O) groups is 1. The largest absolute Gasteiger partial charge is 0.466 e. The molecule has 3 atom stereocenters. The molecule has 2 bridgehead atoms. The first-order valence-electron chi connectivity index (χ1n) is 4.70. The fourth-order valence-electron chi connectivity index (χ4n) is 2.22. The van der Waals surface area contributed by atoms with Crippen LogP contribution in [0.25, 0.3) is 0 Å². The summed E-state index contributed by atoms with van der Waals surface area (Å²) < 4.78 is 4.75. The van der Waals surface area contributed by atoms with Crippen molar-refractivity contribution in [1.29, 1.82) is 0 Å². The Kier molecular flexibility index (Phi) is 1.98. The fourth-order valence-corrected chi connectivity index (χ4v) is 2.22. The maximum absolute atomic E-state index is 11.4. The average Bonchev–Trinajstić information content (AvgIpc) is 2.56. The Morgan fingerprint density at radius 3 is 3.00 bits per heavy atom. The van der Waals surface area contributed by atoms with E-state index in [-0.39, 0.29) is 5.97 Å². The highest BCUT2D eigenvalue weighted by Gasteiger charge is 2.33. The lowest BCUT2D eigenvalue weighted by Gasteiger charge is -2.24. The molecule has 0 aromatic heterocycles. The van der Waals surface area contributed by atoms with Crippen LogP contribution in [-0.4, -0.2) is 13.1 Å². The Morgan fingerprint density at radius 1 is 1.54 bits per heavy atom. The van der Waals surface area contributed by atoms with Crippen LogP contribution in [0.5, 0.6) is 0 Å². The second kappa shape index (κ2) is 3.02. The molecule has 2 rings (SSSR count). The van der Waals surface area contributed by atoms with Crippen molar-refractivity contribution in [2.24, 2.45) is 17.8 Å². The summed E-state index contributed by atoms with van der Waals surface area (Å²) in [7, 11) is 1.44. The maximum atomic E-state index is 11.4. The normalized spacial score (nSPS) is 35.8. The summed E-state index contributed by atoms with van der Waals surface area (Å²) in [5.74, 6) is 1.26. The number of carbonyl (C=O) groups excluding carboxylic acids is 1. The summed E-state index contributed by atoms with van der Waals surface area (Å²) in [5.41, 5.74) is 0.847. The Balaban J connectivity index is 2.28. The van der Waals surface area contributed by atoms with Crippen LogP contribution in [0.4, 0.5) is 0 Å². The van der Waals surface area contributed by atoms with Crippen LogP contribution >= 0.6 is 0 Å². The maximum Gasteiger partial charge on any atom is 0.334 e. The van der Waals surface area contributed by atoms with E-state index in [2.05, 4.69) is 25.2 Å². The van der Waals surface area contributed by atoms with E-state index in [9.17, 15) is 4.79 Å². The van der Waals surface area contributed by atoms with Crippen molar-refractivity contribution in [3.05, 3.63) is 23.8 Å². The van der Waals surface area contributed by atoms with E-state index in [1.165, 1.54) is 7.11 Å². The number of hydrogen-bond acceptors (Lipinski definition) is 2. The number of esters is 1. The highest BCUT2D eigenvalue weighted by Crippen LogP contribution is 2.40. The number of rotatable bonds is 1. The molecule has 0 saturated carbocycles. The van der Waals surface area contributed by atoms with Crippen LogP contribution < -0.4 is 0 Å². The zero-order valence-electron chi connectivity index (χ0n) is 7.99. The van der Waals surface area contributed by atoms with Gasteiger partial charge in [0.25, 0.3) is 0 Å². The van der Waals surface area contributed by atoms with Crippen LogP contribution in [0.1, 0.15) is 13.3 Å². The van der Waals surface area contributed by atoms with Crippen molar-refractivity contribution < 1.29 is 9.53 Å². The van der Waals surface area contributed by atoms with Crippen LogP contribution in [-0.2, 0) is 9.53 Å². The summed E-state index contributed by atoms with van der Waals surface area (Å²) in [4.78, 5) is 11.4. The standard InChI is InChI=1S/C11H14O2/c1-7-5-10(11(12)13-2)9-4-3-8(7)6-9/h3-5,7-9H,6H2,1-2H3/t7-,8?,9-/m1/s1. The molecule has 2 aliphatic rings. The smallest absolute Gasteiger partial charge is 0.334 e. The van der Waals surface area contributed by atoms with Crippen molar-refractivity contribution in [3.63, 3.8) is 0 Å². The quantitative estimate of drug-likeness (QED) is 0.453. The van der Waals surface area contributed by atoms with Gasteiger partial charge in [-0.1, -0.05) is 25.2 Å². The Bertz CT molecular complexity index is 288. The average molecular weight is 178 g/mol. The van der Waals surface area contributed by atoms with Gasteiger partial charge in [0, 0.05) is 11.5 Å². The molecule has 0 N–H and O–H groups in total. The molecule has 0 aromatic carbocycles. The molecule has 2 nitrogen and oxygen atoms in total. The molecular formula is C11H14O2. The topological polar surface area (TPSA) is 26.3 Å². The zero-order valence-corrected chi connectivity index (χ0v) is 7.99. The summed E-state index contributed by atoms with van der Waals surface area (Å²) in [5, 5.41) is 0. The second-order valence-electron chi connectivity index (χ2n) is 3.86. The monoisotopic (exact) mass is 178 g/mol. The summed E-state index contributed by atoms with van der Waals surface area (Å²) in [6, 6.07) is 0. The molecule has 0 radical (unpaired) electrons. The first-order valence-corrected chi connectivity index (χ1v) is 4.70. The molecule has 1 unspecified atom stereocenters. The van der Waals surface area contributed by atoms with Gasteiger partial charge in [-0.05, 0) is 18.3 Å². The summed E-state index contributed by atoms with van der Waals surface area (Å²) >= 11 is 0. The van der Waals surface area contributed by atoms with E-state index in [1.54, 1.807) is 0 Å². The molecule has 0 spiro atoms. The van der Waals surface area contributed by atoms with Gasteiger partial charge in [-0.15, -0.1) is 0 Å². The summed E-state index contributed by atoms with van der Waals surface area (Å²) in [6.07, 6.45) is 7.51. The van der Waals surface area contributed by atoms with Gasteiger partial charge in [0.2, 0.25) is 0 Å². The van der Waals surface area contributed by atoms with E-state index in [4.69, 9.17) is 4.74 Å². The Hall–Kier alpha value is -1.05. The van der Waals surface area contributed by atoms with E-state index in [0.29, 0.717) is 17.8 Å². The van der Waals surface area contributed by atoms with Crippen LogP contribution in [0.3, 0.4) is 0 Å². The van der Waals surface area contributed by atoms with E-state index in [0.717, 1.165) is 12.0 Å². The Labute approximate surface area is 78.3 Å². The van der Waals surface area contributed by atoms with E-state index < -0.39 is 0 Å². The molecule has 70 valence electrons. The molecule has 13 heavy (non-hydrogen) atoms. The lowest BCUT2D eigenvalue weighted by molar-refractivity contribution is -0.136. The van der Waals surface area contributed by atoms with Crippen molar-refractivity contribution >= 4 is 5.97 Å². The number of fused-ring (bicyclic) bond motifs is 2. The molecule has 0 amide bonds. The number of methoxy groups -OCH3 is 1. The van der Waals surface area contributed by atoms with E-state index >= 15 is 0 Å². The van der Waals surface area contributed by atoms with Crippen molar-refractivity contribution in [2.45, 2.75) is 13.3 Å². The lowest BCUT2D eigenvalue weighted by atomic mass is 9.81. The van der Waals surface area contributed by atoms with Gasteiger partial charge in [0.05, 0.1) is 7.11 Å². The Morgan fingerprint density at radius 2 is 2.31 bits per heavy atom. The van der Waals surface area contributed by atoms with Gasteiger partial charge < -0.3 is 4.74 Å². The third-order valence-electron chi connectivity index (χ3n) is 3.06. The molecule has 2 aliphatic carbocycles. The van der Waals surface area contributed by atoms with Gasteiger partial charge in [-0.2, -0.15) is 0 Å². The number of ether oxygens (including phenoxy) is 1. The first-order chi connectivity index (χ1) is 6.22. The number of allylic oxidation sites excluding steroid dienone is 3. The number of hydrogen-bond donors (Lipinski definition) is 0. The fraction of sp³-hybridized carbons (Fsp3) is 0.545. The SMILES string of the molecule is COC(=O)C1=C[C@@H](C)C2C=C[C@@H]1C2. The predicted molar refractivity (Wildman–Crippen MR) is 50.0 cm³/mol. The van der Waals surface area contributed by atoms with Crippen molar-refractivity contribution in [2.75, 3.05) is 7.11 Å². The minimum absolute atomic E-state index is 0.165. The van der Waals surface area contributed by atoms with Crippen LogP contribution in [0.15, 0.2) is 23.8 Å². The molecule has 2 heteroatoms. The van der Waals surface area contributed by atoms with Gasteiger partial charge in [0.1, 0.15) is 0 Å². The molecule has 0 aliphatic heterocycles. The second-order valence-corrected chi connectivity index (χ2v) is 3.86. The van der Waals surface area contributed by atoms with Gasteiger partial charge in [0.15, 0.2) is 0 Å². The van der Waals surface area contributed by atoms with Crippen LogP contribution in [0.2, 0.25) is 0 Å². The third kappa shape index (κ3) is 1.30. The molecular weight excluding hydrogens is 164 g/mol. The van der Waals surface area contributed by atoms with Gasteiger partial charge >= 0.3 is 5.97 Å². The molecule has 0 saturated heterocycles. The molecule has 0 heterocycles. The van der Waals surface area contributed by atoms with Crippen molar-refractivity contribution in [3.8, 4) is 0 Å². The highest BCUT2D eigenvalue weighted by molar-refractivity contribution is 5.89. The third-order valence-corrected chi connectivity index (χ3v) is 3.06. The minimum atomic E-state index is -0.165. The highest BCUT2D eigenvalue weighted by atomic mass is 16.5. The zero-order chi connectivity index (χ0) is 9.42. The molecule has 0 fully saturated rings. The van der Waals surface area contributed by atoms with E-state index in [1.807, 2.05) is 0 Å². The minimum Gasteiger partial charge on any atom is -0.466 e. The van der Waals surface area contributed by atoms with Crippen molar-refractivity contribution in [1.82, 2.24) is 0 Å². The van der Waals surface area contributed by atoms with Gasteiger partial charge in [-0.25, -0.2) is 4.79 Å². The predicted octanol–water partition coefficient (Wildman–Crippen LogP) is 1.93.